The fourth-order valence-electron chi connectivity index (χ4n) is 1.66. The van der Waals surface area contributed by atoms with Gasteiger partial charge in [-0.25, -0.2) is 9.59 Å². The predicted molar refractivity (Wildman–Crippen MR) is 121 cm³/mol. The van der Waals surface area contributed by atoms with E-state index in [0.29, 0.717) is 20.3 Å². The zero-order chi connectivity index (χ0) is 20.5. The Hall–Kier alpha value is -1.76. The lowest BCUT2D eigenvalue weighted by Gasteiger charge is -2.05. The molecule has 0 fully saturated rings. The minimum absolute atomic E-state index is 0.510. The van der Waals surface area contributed by atoms with Crippen molar-refractivity contribution >= 4 is 99.7 Å². The van der Waals surface area contributed by atoms with Gasteiger partial charge in [-0.3, -0.25) is 20.3 Å². The number of rotatable bonds is 5. The number of hydrogen-bond donors (Lipinski definition) is 2. The lowest BCUT2D eigenvalue weighted by molar-refractivity contribution is 0.165. The Morgan fingerprint density at radius 3 is 1.50 bits per heavy atom. The first-order valence-electron chi connectivity index (χ1n) is 7.26. The van der Waals surface area contributed by atoms with Crippen LogP contribution in [0.5, 0.6) is 0 Å². The number of halogens is 4. The SMILES string of the molecule is O=C(Nc1ccc(Br)cc1Br)ON=CC=NOC(=O)Nc1ccc(Br)cc1Br. The first-order valence-corrected chi connectivity index (χ1v) is 10.4. The number of carbonyl (C=O) groups excluding carboxylic acids is 2. The maximum absolute atomic E-state index is 11.6. The molecule has 2 amide bonds. The molecule has 0 aliphatic heterocycles. The molecule has 0 unspecified atom stereocenters. The van der Waals surface area contributed by atoms with Crippen LogP contribution in [-0.4, -0.2) is 24.6 Å². The minimum Gasteiger partial charge on any atom is -0.298 e. The molecule has 0 aliphatic carbocycles. The van der Waals surface area contributed by atoms with E-state index in [1.807, 2.05) is 0 Å². The maximum Gasteiger partial charge on any atom is 0.437 e. The second kappa shape index (κ2) is 11.3. The summed E-state index contributed by atoms with van der Waals surface area (Å²) >= 11 is 13.2. The Balaban J connectivity index is 1.73. The Bertz CT molecular complexity index is 861. The summed E-state index contributed by atoms with van der Waals surface area (Å²) in [6.07, 6.45) is 0.482. The normalized spacial score (nSPS) is 10.9. The van der Waals surface area contributed by atoms with Gasteiger partial charge in [0.1, 0.15) is 0 Å². The molecule has 2 rings (SSSR count). The van der Waals surface area contributed by atoms with Gasteiger partial charge in [0.05, 0.1) is 23.8 Å². The van der Waals surface area contributed by atoms with Crippen molar-refractivity contribution in [2.45, 2.75) is 0 Å². The van der Waals surface area contributed by atoms with Crippen LogP contribution < -0.4 is 10.6 Å². The quantitative estimate of drug-likeness (QED) is 0.221. The molecule has 0 saturated carbocycles. The first kappa shape index (κ1) is 22.5. The van der Waals surface area contributed by atoms with E-state index in [0.717, 1.165) is 21.4 Å². The zero-order valence-corrected chi connectivity index (χ0v) is 20.0. The monoisotopic (exact) mass is 638 g/mol. The van der Waals surface area contributed by atoms with Crippen LogP contribution in [0.1, 0.15) is 0 Å². The molecule has 146 valence electrons. The standard InChI is InChI=1S/C16H10Br4N4O4/c17-9-1-3-13(11(19)7-9)23-15(25)27-21-5-6-22-28-16(26)24-14-4-2-10(18)8-12(14)20/h1-8H,(H,23,25)(H,24,26). The molecule has 0 radical (unpaired) electrons. The summed E-state index contributed by atoms with van der Waals surface area (Å²) in [5.74, 6) is 0. The highest BCUT2D eigenvalue weighted by Gasteiger charge is 2.07. The first-order chi connectivity index (χ1) is 13.3. The van der Waals surface area contributed by atoms with Crippen LogP contribution in [-0.2, 0) is 9.68 Å². The highest BCUT2D eigenvalue weighted by Crippen LogP contribution is 2.27. The van der Waals surface area contributed by atoms with Crippen molar-refractivity contribution in [2.75, 3.05) is 10.6 Å². The van der Waals surface area contributed by atoms with Gasteiger partial charge >= 0.3 is 12.2 Å². The summed E-state index contributed by atoms with van der Waals surface area (Å²) < 4.78 is 3.04. The summed E-state index contributed by atoms with van der Waals surface area (Å²) in [5.41, 5.74) is 1.02. The van der Waals surface area contributed by atoms with Gasteiger partial charge in [-0.05, 0) is 68.3 Å². The number of benzene rings is 2. The summed E-state index contributed by atoms with van der Waals surface area (Å²) in [5, 5.41) is 11.8. The molecule has 0 aromatic heterocycles. The smallest absolute Gasteiger partial charge is 0.298 e. The van der Waals surface area contributed by atoms with E-state index in [4.69, 9.17) is 0 Å². The third-order valence-corrected chi connectivity index (χ3v) is 5.09. The van der Waals surface area contributed by atoms with Crippen molar-refractivity contribution in [1.29, 1.82) is 0 Å². The topological polar surface area (TPSA) is 101 Å². The largest absolute Gasteiger partial charge is 0.437 e. The van der Waals surface area contributed by atoms with Crippen molar-refractivity contribution in [2.24, 2.45) is 10.3 Å². The lowest BCUT2D eigenvalue weighted by atomic mass is 10.3. The van der Waals surface area contributed by atoms with Gasteiger partial charge in [-0.1, -0.05) is 42.2 Å². The van der Waals surface area contributed by atoms with Gasteiger partial charge in [-0.2, -0.15) is 0 Å². The third kappa shape index (κ3) is 7.70. The number of amides is 2. The molecule has 2 aromatic rings. The van der Waals surface area contributed by atoms with Gasteiger partial charge in [-0.15, -0.1) is 0 Å². The molecule has 0 heterocycles. The molecule has 0 spiro atoms. The van der Waals surface area contributed by atoms with E-state index in [1.165, 1.54) is 0 Å². The van der Waals surface area contributed by atoms with Crippen molar-refractivity contribution in [3.63, 3.8) is 0 Å². The fourth-order valence-corrected chi connectivity index (χ4v) is 3.95. The predicted octanol–water partition coefficient (Wildman–Crippen LogP) is 6.51. The average Bonchev–Trinajstić information content (AvgIpc) is 2.63. The van der Waals surface area contributed by atoms with Crippen LogP contribution in [0.15, 0.2) is 64.6 Å². The van der Waals surface area contributed by atoms with Gasteiger partial charge in [0.2, 0.25) is 0 Å². The number of hydrogen-bond acceptors (Lipinski definition) is 6. The molecule has 0 aliphatic rings. The van der Waals surface area contributed by atoms with Gasteiger partial charge in [0.25, 0.3) is 0 Å². The van der Waals surface area contributed by atoms with Gasteiger partial charge in [0.15, 0.2) is 0 Å². The molecule has 28 heavy (non-hydrogen) atoms. The Kier molecular flexibility index (Phi) is 9.09. The Morgan fingerprint density at radius 2 is 1.14 bits per heavy atom. The molecule has 0 saturated heterocycles. The van der Waals surface area contributed by atoms with Crippen LogP contribution >= 0.6 is 63.7 Å². The molecule has 12 heteroatoms. The van der Waals surface area contributed by atoms with Crippen molar-refractivity contribution in [1.82, 2.24) is 0 Å². The fraction of sp³-hybridized carbons (Fsp3) is 0. The number of anilines is 2. The van der Waals surface area contributed by atoms with Gasteiger partial charge < -0.3 is 0 Å². The second-order valence-electron chi connectivity index (χ2n) is 4.76. The molecule has 8 nitrogen and oxygen atoms in total. The summed E-state index contributed by atoms with van der Waals surface area (Å²) in [4.78, 5) is 32.4. The second-order valence-corrected chi connectivity index (χ2v) is 8.30. The van der Waals surface area contributed by atoms with E-state index >= 15 is 0 Å². The maximum atomic E-state index is 11.6. The number of oxime groups is 2. The van der Waals surface area contributed by atoms with Crippen molar-refractivity contribution in [3.05, 3.63) is 54.3 Å². The molecular formula is C16H10Br4N4O4. The van der Waals surface area contributed by atoms with E-state index < -0.39 is 12.2 Å². The molecule has 0 bridgehead atoms. The zero-order valence-electron chi connectivity index (χ0n) is 13.7. The van der Waals surface area contributed by atoms with E-state index in [9.17, 15) is 9.59 Å². The molecular weight excluding hydrogens is 632 g/mol. The number of carbonyl (C=O) groups is 2. The summed E-state index contributed by atoms with van der Waals surface area (Å²) in [7, 11) is 0. The highest BCUT2D eigenvalue weighted by atomic mass is 79.9. The van der Waals surface area contributed by atoms with E-state index in [1.54, 1.807) is 36.4 Å². The Morgan fingerprint density at radius 1 is 0.750 bits per heavy atom. The van der Waals surface area contributed by atoms with Gasteiger partial charge in [0, 0.05) is 17.9 Å². The molecule has 0 atom stereocenters. The van der Waals surface area contributed by atoms with E-state index in [2.05, 4.69) is 94.3 Å². The number of nitrogens with zero attached hydrogens (tertiary/aromatic N) is 2. The molecule has 2 aromatic carbocycles. The van der Waals surface area contributed by atoms with Crippen LogP contribution in [0.3, 0.4) is 0 Å². The van der Waals surface area contributed by atoms with Crippen molar-refractivity contribution in [3.8, 4) is 0 Å². The van der Waals surface area contributed by atoms with Crippen LogP contribution in [0.4, 0.5) is 21.0 Å². The minimum atomic E-state index is -0.800. The van der Waals surface area contributed by atoms with Crippen LogP contribution in [0.2, 0.25) is 0 Å². The van der Waals surface area contributed by atoms with Crippen LogP contribution in [0.25, 0.3) is 0 Å². The Labute approximate surface area is 193 Å². The summed E-state index contributed by atoms with van der Waals surface area (Å²) in [6, 6.07) is 10.4. The summed E-state index contributed by atoms with van der Waals surface area (Å²) in [6.45, 7) is 0. The third-order valence-electron chi connectivity index (χ3n) is 2.80. The van der Waals surface area contributed by atoms with Crippen LogP contribution in [0, 0.1) is 0 Å². The number of nitrogens with one attached hydrogen (secondary N) is 2. The van der Waals surface area contributed by atoms with E-state index in [-0.39, 0.29) is 0 Å². The highest BCUT2D eigenvalue weighted by molar-refractivity contribution is 9.11. The molecule has 2 N–H and O–H groups in total. The van der Waals surface area contributed by atoms with Crippen molar-refractivity contribution < 1.29 is 19.3 Å². The lowest BCUT2D eigenvalue weighted by Crippen LogP contribution is -2.12. The average molecular weight is 642 g/mol.